The SMILES string of the molecule is CC(C)C(NC(=O)CN1CC2(CCCN2C(=O)c2ncnn2C)C1=O)c1ncccn1. The first-order valence-corrected chi connectivity index (χ1v) is 10.3. The number of amides is 3. The first-order chi connectivity index (χ1) is 14.8. The number of nitrogens with zero attached hydrogens (tertiary/aromatic N) is 7. The molecule has 1 spiro atoms. The van der Waals surface area contributed by atoms with Gasteiger partial charge in [0, 0.05) is 26.0 Å². The summed E-state index contributed by atoms with van der Waals surface area (Å²) in [6.45, 7) is 4.69. The van der Waals surface area contributed by atoms with Crippen LogP contribution in [0, 0.1) is 5.92 Å². The Kier molecular flexibility index (Phi) is 5.42. The maximum Gasteiger partial charge on any atom is 0.292 e. The van der Waals surface area contributed by atoms with E-state index in [1.54, 1.807) is 30.4 Å². The lowest BCUT2D eigenvalue weighted by Crippen LogP contribution is -2.73. The van der Waals surface area contributed by atoms with Crippen LogP contribution in [0.15, 0.2) is 24.8 Å². The Balaban J connectivity index is 1.41. The summed E-state index contributed by atoms with van der Waals surface area (Å²) in [5.74, 6) is 0.0304. The third-order valence-electron chi connectivity index (χ3n) is 5.96. The third-order valence-corrected chi connectivity index (χ3v) is 5.96. The van der Waals surface area contributed by atoms with Crippen LogP contribution in [0.5, 0.6) is 0 Å². The minimum absolute atomic E-state index is 0.0668. The second kappa shape index (κ2) is 8.05. The van der Waals surface area contributed by atoms with Crippen molar-refractivity contribution < 1.29 is 14.4 Å². The molecular formula is C20H26N8O3. The van der Waals surface area contributed by atoms with E-state index in [0.717, 1.165) is 6.42 Å². The zero-order chi connectivity index (χ0) is 22.2. The molecule has 0 aliphatic carbocycles. The average Bonchev–Trinajstić information content (AvgIpc) is 3.39. The van der Waals surface area contributed by atoms with E-state index in [4.69, 9.17) is 0 Å². The van der Waals surface area contributed by atoms with Gasteiger partial charge in [-0.3, -0.25) is 14.4 Å². The van der Waals surface area contributed by atoms with Crippen molar-refractivity contribution in [2.24, 2.45) is 13.0 Å². The van der Waals surface area contributed by atoms with Gasteiger partial charge in [0.1, 0.15) is 11.9 Å². The molecule has 0 aromatic carbocycles. The van der Waals surface area contributed by atoms with E-state index in [1.807, 2.05) is 13.8 Å². The van der Waals surface area contributed by atoms with Crippen molar-refractivity contribution in [3.8, 4) is 0 Å². The second-order valence-electron chi connectivity index (χ2n) is 8.36. The monoisotopic (exact) mass is 426 g/mol. The summed E-state index contributed by atoms with van der Waals surface area (Å²) in [4.78, 5) is 54.2. The van der Waals surface area contributed by atoms with E-state index in [9.17, 15) is 14.4 Å². The zero-order valence-corrected chi connectivity index (χ0v) is 17.9. The smallest absolute Gasteiger partial charge is 0.292 e. The molecule has 0 saturated carbocycles. The van der Waals surface area contributed by atoms with Crippen molar-refractivity contribution in [3.63, 3.8) is 0 Å². The minimum Gasteiger partial charge on any atom is -0.344 e. The van der Waals surface area contributed by atoms with Crippen molar-refractivity contribution >= 4 is 17.7 Å². The van der Waals surface area contributed by atoms with Crippen LogP contribution >= 0.6 is 0 Å². The van der Waals surface area contributed by atoms with Gasteiger partial charge in [0.15, 0.2) is 5.82 Å². The zero-order valence-electron chi connectivity index (χ0n) is 17.9. The molecule has 2 saturated heterocycles. The molecule has 1 N–H and O–H groups in total. The van der Waals surface area contributed by atoms with Crippen molar-refractivity contribution in [3.05, 3.63) is 36.4 Å². The summed E-state index contributed by atoms with van der Waals surface area (Å²) in [7, 11) is 1.64. The summed E-state index contributed by atoms with van der Waals surface area (Å²) < 4.78 is 1.40. The molecule has 0 radical (unpaired) electrons. The standard InChI is InChI=1S/C20H26N8O3/c1-13(2)15(16-21-7-5-8-22-16)25-14(29)10-27-11-20(19(27)31)6-4-9-28(20)18(30)17-23-12-24-26(17)3/h5,7-8,12-13,15H,4,6,9-11H2,1-3H3,(H,25,29). The number of aromatic nitrogens is 5. The number of likely N-dealkylation sites (tertiary alicyclic amines) is 2. The van der Waals surface area contributed by atoms with Gasteiger partial charge in [0.2, 0.25) is 11.7 Å². The van der Waals surface area contributed by atoms with Crippen LogP contribution in [0.1, 0.15) is 49.2 Å². The van der Waals surface area contributed by atoms with Crippen LogP contribution in [0.4, 0.5) is 0 Å². The number of carbonyl (C=O) groups is 3. The van der Waals surface area contributed by atoms with E-state index in [2.05, 4.69) is 25.4 Å². The lowest BCUT2D eigenvalue weighted by atomic mass is 9.85. The van der Waals surface area contributed by atoms with Crippen LogP contribution in [-0.4, -0.2) is 77.4 Å². The molecule has 4 heterocycles. The van der Waals surface area contributed by atoms with Crippen LogP contribution < -0.4 is 5.32 Å². The molecule has 0 bridgehead atoms. The van der Waals surface area contributed by atoms with Crippen LogP contribution in [0.25, 0.3) is 0 Å². The van der Waals surface area contributed by atoms with Crippen molar-refractivity contribution in [2.75, 3.05) is 19.6 Å². The van der Waals surface area contributed by atoms with Crippen molar-refractivity contribution in [1.82, 2.24) is 39.8 Å². The highest BCUT2D eigenvalue weighted by atomic mass is 16.2. The van der Waals surface area contributed by atoms with E-state index in [0.29, 0.717) is 25.3 Å². The van der Waals surface area contributed by atoms with Gasteiger partial charge in [-0.1, -0.05) is 13.8 Å². The molecule has 164 valence electrons. The predicted molar refractivity (Wildman–Crippen MR) is 108 cm³/mol. The Bertz CT molecular complexity index is 991. The summed E-state index contributed by atoms with van der Waals surface area (Å²) in [6, 6.07) is 1.37. The number of β-lactam (4-membered cyclic amide) rings is 1. The maximum atomic E-state index is 13.1. The number of hydrogen-bond donors (Lipinski definition) is 1. The molecule has 11 heteroatoms. The Morgan fingerprint density at radius 1 is 1.23 bits per heavy atom. The molecule has 3 amide bonds. The van der Waals surface area contributed by atoms with Crippen molar-refractivity contribution in [2.45, 2.75) is 38.3 Å². The molecule has 2 aromatic rings. The Morgan fingerprint density at radius 3 is 2.58 bits per heavy atom. The number of hydrogen-bond acceptors (Lipinski definition) is 7. The number of aryl methyl sites for hydroxylation is 1. The number of nitrogens with one attached hydrogen (secondary N) is 1. The predicted octanol–water partition coefficient (Wildman–Crippen LogP) is -0.0644. The van der Waals surface area contributed by atoms with Gasteiger partial charge >= 0.3 is 0 Å². The molecule has 2 aromatic heterocycles. The van der Waals surface area contributed by atoms with Gasteiger partial charge < -0.3 is 15.1 Å². The molecule has 11 nitrogen and oxygen atoms in total. The van der Waals surface area contributed by atoms with Gasteiger partial charge in [-0.25, -0.2) is 19.6 Å². The molecular weight excluding hydrogens is 400 g/mol. The summed E-state index contributed by atoms with van der Waals surface area (Å²) in [5.41, 5.74) is -0.886. The Labute approximate surface area is 179 Å². The average molecular weight is 426 g/mol. The first kappa shape index (κ1) is 20.9. The molecule has 2 fully saturated rings. The molecule has 2 unspecified atom stereocenters. The summed E-state index contributed by atoms with van der Waals surface area (Å²) in [5, 5.41) is 6.88. The van der Waals surface area contributed by atoms with Gasteiger partial charge in [0.05, 0.1) is 19.1 Å². The van der Waals surface area contributed by atoms with Gasteiger partial charge in [-0.2, -0.15) is 5.10 Å². The minimum atomic E-state index is -0.886. The molecule has 2 aliphatic heterocycles. The van der Waals surface area contributed by atoms with Crippen LogP contribution in [0.3, 0.4) is 0 Å². The van der Waals surface area contributed by atoms with E-state index >= 15 is 0 Å². The second-order valence-corrected chi connectivity index (χ2v) is 8.36. The van der Waals surface area contributed by atoms with E-state index in [1.165, 1.54) is 15.9 Å². The molecule has 4 rings (SSSR count). The number of carbonyl (C=O) groups excluding carboxylic acids is 3. The first-order valence-electron chi connectivity index (χ1n) is 10.3. The molecule has 31 heavy (non-hydrogen) atoms. The fourth-order valence-corrected chi connectivity index (χ4v) is 4.35. The summed E-state index contributed by atoms with van der Waals surface area (Å²) in [6.07, 6.45) is 5.90. The van der Waals surface area contributed by atoms with Gasteiger partial charge in [0.25, 0.3) is 11.8 Å². The number of rotatable bonds is 6. The third kappa shape index (κ3) is 3.64. The normalized spacial score (nSPS) is 21.5. The quantitative estimate of drug-likeness (QED) is 0.641. The Hall–Kier alpha value is -3.37. The maximum absolute atomic E-state index is 13.1. The highest BCUT2D eigenvalue weighted by Gasteiger charge is 2.60. The summed E-state index contributed by atoms with van der Waals surface area (Å²) >= 11 is 0. The van der Waals surface area contributed by atoms with Crippen LogP contribution in [0.2, 0.25) is 0 Å². The lowest BCUT2D eigenvalue weighted by Gasteiger charge is -2.50. The highest BCUT2D eigenvalue weighted by molar-refractivity contribution is 6.02. The largest absolute Gasteiger partial charge is 0.344 e. The highest BCUT2D eigenvalue weighted by Crippen LogP contribution is 2.39. The van der Waals surface area contributed by atoms with Crippen molar-refractivity contribution in [1.29, 1.82) is 0 Å². The van der Waals surface area contributed by atoms with Gasteiger partial charge in [-0.05, 0) is 24.8 Å². The fraction of sp³-hybridized carbons (Fsp3) is 0.550. The topological polar surface area (TPSA) is 126 Å². The van der Waals surface area contributed by atoms with Crippen LogP contribution in [-0.2, 0) is 16.6 Å². The lowest BCUT2D eigenvalue weighted by molar-refractivity contribution is -0.161. The Morgan fingerprint density at radius 2 is 1.97 bits per heavy atom. The molecule has 2 atom stereocenters. The molecule has 2 aliphatic rings. The van der Waals surface area contributed by atoms with Gasteiger partial charge in [-0.15, -0.1) is 0 Å². The van der Waals surface area contributed by atoms with E-state index < -0.39 is 5.54 Å². The van der Waals surface area contributed by atoms with E-state index in [-0.39, 0.29) is 42.1 Å². The fourth-order valence-electron chi connectivity index (χ4n) is 4.35.